The number of para-hydroxylation sites is 1. The molecule has 1 aromatic rings. The third-order valence-electron chi connectivity index (χ3n) is 1.75. The smallest absolute Gasteiger partial charge is 0.302 e. The molecule has 0 heterocycles. The standard InChI is InChI=1S/C9H10NOS/c1-7-5-3-4-6-8(7)10(2)9(11)12/h3-6H,1-2H3. The SMILES string of the molecule is Cc1ccccc1N(C)C(=O)[S]. The Bertz CT molecular complexity index is 298. The highest BCUT2D eigenvalue weighted by atomic mass is 32.1. The van der Waals surface area contributed by atoms with Crippen molar-refractivity contribution in [1.29, 1.82) is 0 Å². The first-order valence-electron chi connectivity index (χ1n) is 3.63. The van der Waals surface area contributed by atoms with Crippen LogP contribution in [-0.2, 0) is 0 Å². The van der Waals surface area contributed by atoms with E-state index in [-0.39, 0.29) is 5.24 Å². The molecule has 2 nitrogen and oxygen atoms in total. The Morgan fingerprint density at radius 1 is 1.42 bits per heavy atom. The summed E-state index contributed by atoms with van der Waals surface area (Å²) in [5.74, 6) is 0. The summed E-state index contributed by atoms with van der Waals surface area (Å²) in [6, 6.07) is 7.64. The zero-order valence-corrected chi connectivity index (χ0v) is 7.89. The van der Waals surface area contributed by atoms with Crippen LogP contribution in [0, 0.1) is 6.92 Å². The van der Waals surface area contributed by atoms with Crippen molar-refractivity contribution in [3.8, 4) is 0 Å². The second-order valence-electron chi connectivity index (χ2n) is 2.61. The van der Waals surface area contributed by atoms with Gasteiger partial charge in [0.1, 0.15) is 0 Å². The first kappa shape index (κ1) is 9.00. The van der Waals surface area contributed by atoms with Crippen LogP contribution in [0.25, 0.3) is 0 Å². The maximum absolute atomic E-state index is 10.8. The summed E-state index contributed by atoms with van der Waals surface area (Å²) < 4.78 is 0. The van der Waals surface area contributed by atoms with E-state index in [4.69, 9.17) is 0 Å². The Morgan fingerprint density at radius 2 is 2.00 bits per heavy atom. The quantitative estimate of drug-likeness (QED) is 0.650. The molecule has 0 bridgehead atoms. The molecule has 0 atom stereocenters. The maximum atomic E-state index is 10.8. The molecule has 0 saturated heterocycles. The molecule has 12 heavy (non-hydrogen) atoms. The first-order valence-corrected chi connectivity index (χ1v) is 4.04. The Labute approximate surface area is 77.6 Å². The minimum atomic E-state index is -0.357. The van der Waals surface area contributed by atoms with Gasteiger partial charge in [-0.3, -0.25) is 4.79 Å². The molecule has 3 heteroatoms. The van der Waals surface area contributed by atoms with Crippen LogP contribution < -0.4 is 4.90 Å². The lowest BCUT2D eigenvalue weighted by Gasteiger charge is -2.15. The van der Waals surface area contributed by atoms with Gasteiger partial charge in [-0.1, -0.05) is 18.2 Å². The Kier molecular flexibility index (Phi) is 2.65. The molecule has 0 aliphatic heterocycles. The topological polar surface area (TPSA) is 20.3 Å². The van der Waals surface area contributed by atoms with E-state index < -0.39 is 0 Å². The van der Waals surface area contributed by atoms with E-state index in [1.165, 1.54) is 4.90 Å². The van der Waals surface area contributed by atoms with E-state index >= 15 is 0 Å². The van der Waals surface area contributed by atoms with E-state index in [9.17, 15) is 4.79 Å². The van der Waals surface area contributed by atoms with Gasteiger partial charge in [0.05, 0.1) is 0 Å². The van der Waals surface area contributed by atoms with E-state index in [0.717, 1.165) is 11.3 Å². The predicted octanol–water partition coefficient (Wildman–Crippen LogP) is 2.75. The van der Waals surface area contributed by atoms with Crippen molar-refractivity contribution in [3.05, 3.63) is 29.8 Å². The second-order valence-corrected chi connectivity index (χ2v) is 2.96. The molecule has 0 saturated carbocycles. The molecule has 1 rings (SSSR count). The molecule has 0 spiro atoms. The van der Waals surface area contributed by atoms with Crippen molar-refractivity contribution >= 4 is 23.6 Å². The van der Waals surface area contributed by atoms with Gasteiger partial charge >= 0.3 is 5.24 Å². The van der Waals surface area contributed by atoms with Crippen LogP contribution in [0.4, 0.5) is 10.5 Å². The first-order chi connectivity index (χ1) is 5.63. The summed E-state index contributed by atoms with van der Waals surface area (Å²) in [5, 5.41) is -0.357. The van der Waals surface area contributed by atoms with Crippen molar-refractivity contribution in [2.45, 2.75) is 6.92 Å². The van der Waals surface area contributed by atoms with Crippen LogP contribution in [0.5, 0.6) is 0 Å². The minimum Gasteiger partial charge on any atom is -0.302 e. The van der Waals surface area contributed by atoms with Gasteiger partial charge in [-0.05, 0) is 31.2 Å². The third kappa shape index (κ3) is 1.74. The van der Waals surface area contributed by atoms with Crippen LogP contribution >= 0.6 is 12.6 Å². The summed E-state index contributed by atoms with van der Waals surface area (Å²) >= 11 is 4.53. The fraction of sp³-hybridized carbons (Fsp3) is 0.222. The summed E-state index contributed by atoms with van der Waals surface area (Å²) in [6.07, 6.45) is 0. The number of aryl methyl sites for hydroxylation is 1. The zero-order valence-electron chi connectivity index (χ0n) is 7.07. The summed E-state index contributed by atoms with van der Waals surface area (Å²) in [7, 11) is 1.68. The zero-order chi connectivity index (χ0) is 9.14. The van der Waals surface area contributed by atoms with Gasteiger partial charge in [-0.2, -0.15) is 0 Å². The number of nitrogens with zero attached hydrogens (tertiary/aromatic N) is 1. The number of amides is 1. The predicted molar refractivity (Wildman–Crippen MR) is 52.6 cm³/mol. The van der Waals surface area contributed by atoms with Crippen LogP contribution in [-0.4, -0.2) is 12.3 Å². The van der Waals surface area contributed by atoms with Gasteiger partial charge in [-0.15, -0.1) is 0 Å². The number of rotatable bonds is 1. The maximum Gasteiger partial charge on any atom is 0.317 e. The fourth-order valence-electron chi connectivity index (χ4n) is 1.04. The number of hydrogen-bond acceptors (Lipinski definition) is 1. The normalized spacial score (nSPS) is 9.50. The van der Waals surface area contributed by atoms with Crippen LogP contribution in [0.3, 0.4) is 0 Å². The lowest BCUT2D eigenvalue weighted by atomic mass is 10.2. The molecular formula is C9H10NOS. The van der Waals surface area contributed by atoms with Crippen molar-refractivity contribution < 1.29 is 4.79 Å². The molecular weight excluding hydrogens is 170 g/mol. The Morgan fingerprint density at radius 3 is 2.50 bits per heavy atom. The average molecular weight is 180 g/mol. The largest absolute Gasteiger partial charge is 0.317 e. The van der Waals surface area contributed by atoms with Gasteiger partial charge < -0.3 is 4.90 Å². The Balaban J connectivity index is 3.02. The number of hydrogen-bond donors (Lipinski definition) is 0. The number of carbonyl (C=O) groups is 1. The van der Waals surface area contributed by atoms with Crippen molar-refractivity contribution in [1.82, 2.24) is 0 Å². The highest BCUT2D eigenvalue weighted by Crippen LogP contribution is 2.18. The van der Waals surface area contributed by atoms with Gasteiger partial charge in [0.15, 0.2) is 0 Å². The van der Waals surface area contributed by atoms with Crippen LogP contribution in [0.1, 0.15) is 5.56 Å². The molecule has 1 aromatic carbocycles. The highest BCUT2D eigenvalue weighted by Gasteiger charge is 2.08. The van der Waals surface area contributed by atoms with Crippen LogP contribution in [0.15, 0.2) is 24.3 Å². The molecule has 1 radical (unpaired) electrons. The van der Waals surface area contributed by atoms with E-state index in [1.807, 2.05) is 31.2 Å². The molecule has 0 N–H and O–H groups in total. The second kappa shape index (κ2) is 3.54. The number of benzene rings is 1. The molecule has 63 valence electrons. The molecule has 1 amide bonds. The van der Waals surface area contributed by atoms with Gasteiger partial charge in [0.25, 0.3) is 0 Å². The lowest BCUT2D eigenvalue weighted by Crippen LogP contribution is -2.20. The van der Waals surface area contributed by atoms with Crippen molar-refractivity contribution in [2.24, 2.45) is 0 Å². The monoisotopic (exact) mass is 180 g/mol. The van der Waals surface area contributed by atoms with Gasteiger partial charge in [0, 0.05) is 12.7 Å². The number of carbonyl (C=O) groups excluding carboxylic acids is 1. The van der Waals surface area contributed by atoms with E-state index in [1.54, 1.807) is 7.05 Å². The molecule has 0 aromatic heterocycles. The summed E-state index contributed by atoms with van der Waals surface area (Å²) in [4.78, 5) is 12.3. The number of anilines is 1. The van der Waals surface area contributed by atoms with E-state index in [0.29, 0.717) is 0 Å². The molecule has 0 aliphatic carbocycles. The minimum absolute atomic E-state index is 0.357. The van der Waals surface area contributed by atoms with Crippen LogP contribution in [0.2, 0.25) is 0 Å². The fourth-order valence-corrected chi connectivity index (χ4v) is 1.14. The summed E-state index contributed by atoms with van der Waals surface area (Å²) in [5.41, 5.74) is 1.93. The summed E-state index contributed by atoms with van der Waals surface area (Å²) in [6.45, 7) is 1.95. The van der Waals surface area contributed by atoms with Gasteiger partial charge in [0.2, 0.25) is 0 Å². The lowest BCUT2D eigenvalue weighted by molar-refractivity contribution is 0.266. The Hall–Kier alpha value is -1.09. The molecule has 0 fully saturated rings. The molecule has 0 unspecified atom stereocenters. The van der Waals surface area contributed by atoms with Crippen molar-refractivity contribution in [3.63, 3.8) is 0 Å². The third-order valence-corrected chi connectivity index (χ3v) is 2.02. The van der Waals surface area contributed by atoms with E-state index in [2.05, 4.69) is 12.6 Å². The molecule has 0 aliphatic rings. The highest BCUT2D eigenvalue weighted by molar-refractivity contribution is 7.96. The van der Waals surface area contributed by atoms with Gasteiger partial charge in [-0.25, -0.2) is 0 Å². The van der Waals surface area contributed by atoms with Crippen molar-refractivity contribution in [2.75, 3.05) is 11.9 Å². The average Bonchev–Trinajstić information content (AvgIpc) is 2.04.